The molecule has 3 amide bonds. The van der Waals surface area contributed by atoms with E-state index in [1.807, 2.05) is 26.8 Å². The Morgan fingerprint density at radius 3 is 2.02 bits per heavy atom. The van der Waals surface area contributed by atoms with E-state index in [4.69, 9.17) is 4.74 Å². The van der Waals surface area contributed by atoms with Gasteiger partial charge in [-0.3, -0.25) is 14.6 Å². The fourth-order valence-electron chi connectivity index (χ4n) is 4.26. The Hall–Kier alpha value is -4.60. The van der Waals surface area contributed by atoms with Crippen LogP contribution in [-0.4, -0.2) is 57.8 Å². The zero-order valence-corrected chi connectivity index (χ0v) is 27.0. The minimum Gasteiger partial charge on any atom is -0.442 e. The summed E-state index contributed by atoms with van der Waals surface area (Å²) in [7, 11) is 0. The average Bonchev–Trinajstić information content (AvgIpc) is 2.93. The summed E-state index contributed by atoms with van der Waals surface area (Å²) in [6.07, 6.45) is 0.670. The Morgan fingerprint density at radius 1 is 0.886 bits per heavy atom. The topological polar surface area (TPSA) is 113 Å². The van der Waals surface area contributed by atoms with E-state index in [1.165, 1.54) is 17.3 Å². The summed E-state index contributed by atoms with van der Waals surface area (Å²) in [6, 6.07) is 13.1. The lowest BCUT2D eigenvalue weighted by Crippen LogP contribution is -2.45. The summed E-state index contributed by atoms with van der Waals surface area (Å²) in [5, 5.41) is 11.3. The Bertz CT molecular complexity index is 1550. The second-order valence-corrected chi connectivity index (χ2v) is 12.3. The van der Waals surface area contributed by atoms with Gasteiger partial charge in [0.2, 0.25) is 0 Å². The van der Waals surface area contributed by atoms with Crippen LogP contribution in [0, 0.1) is 12.7 Å². The minimum absolute atomic E-state index is 0.0741. The van der Waals surface area contributed by atoms with Crippen LogP contribution in [0.15, 0.2) is 59.8 Å². The highest BCUT2D eigenvalue weighted by Crippen LogP contribution is 2.28. The number of hydrogen-bond donors (Lipinski definition) is 2. The first-order valence-electron chi connectivity index (χ1n) is 14.6. The van der Waals surface area contributed by atoms with Crippen LogP contribution in [0.25, 0.3) is 11.1 Å². The average molecular weight is 604 g/mol. The van der Waals surface area contributed by atoms with Crippen LogP contribution in [0.5, 0.6) is 0 Å². The van der Waals surface area contributed by atoms with Gasteiger partial charge in [-0.1, -0.05) is 12.1 Å². The number of carbonyl (C=O) groups is 3. The van der Waals surface area contributed by atoms with Gasteiger partial charge in [0.05, 0.1) is 16.8 Å². The van der Waals surface area contributed by atoms with Gasteiger partial charge in [-0.25, -0.2) is 9.18 Å². The maximum Gasteiger partial charge on any atom is 0.431 e. The highest BCUT2D eigenvalue weighted by Gasteiger charge is 2.32. The molecule has 0 aliphatic carbocycles. The first-order valence-corrected chi connectivity index (χ1v) is 14.6. The maximum atomic E-state index is 16.1. The SMILES string of the molecule is CCNC(=O)c1ccc(C(=NN(C(=O)OC(C)(C)C)C(C)(C)C)c2ccc(-c3cc(C(=O)NCC)ccc3C)cc2F)nc1. The third-order valence-corrected chi connectivity index (χ3v) is 6.38. The zero-order chi connectivity index (χ0) is 32.8. The van der Waals surface area contributed by atoms with Crippen molar-refractivity contribution in [2.24, 2.45) is 5.10 Å². The summed E-state index contributed by atoms with van der Waals surface area (Å²) in [5.41, 5.74) is 1.69. The van der Waals surface area contributed by atoms with Crippen LogP contribution in [-0.2, 0) is 4.74 Å². The van der Waals surface area contributed by atoms with Crippen LogP contribution >= 0.6 is 0 Å². The number of rotatable bonds is 8. The monoisotopic (exact) mass is 603 g/mol. The number of aromatic nitrogens is 1. The lowest BCUT2D eigenvalue weighted by molar-refractivity contribution is 0.00699. The van der Waals surface area contributed by atoms with Gasteiger partial charge >= 0.3 is 6.09 Å². The molecule has 0 saturated carbocycles. The Morgan fingerprint density at radius 2 is 1.50 bits per heavy atom. The number of benzene rings is 2. The number of nitrogens with zero attached hydrogens (tertiary/aromatic N) is 3. The summed E-state index contributed by atoms with van der Waals surface area (Å²) in [5.74, 6) is -1.13. The smallest absolute Gasteiger partial charge is 0.431 e. The quantitative estimate of drug-likeness (QED) is 0.226. The third kappa shape index (κ3) is 8.49. The molecule has 2 N–H and O–H groups in total. The standard InChI is InChI=1S/C34H42FN5O4/c1-10-36-30(41)23-13-12-21(3)26(18-23)22-14-16-25(27(35)19-22)29(28-17-15-24(20-38-28)31(42)37-11-2)39-40(33(4,5)6)32(43)44-34(7,8)9/h12-20H,10-11H2,1-9H3,(H,36,41)(H,37,42). The van der Waals surface area contributed by atoms with Crippen molar-refractivity contribution in [1.82, 2.24) is 20.6 Å². The first kappa shape index (κ1) is 33.9. The number of pyridine rings is 1. The number of aryl methyl sites for hydroxylation is 1. The number of hydrazone groups is 1. The number of halogens is 1. The highest BCUT2D eigenvalue weighted by molar-refractivity contribution is 6.12. The van der Waals surface area contributed by atoms with Gasteiger partial charge in [-0.15, -0.1) is 0 Å². The fourth-order valence-corrected chi connectivity index (χ4v) is 4.26. The molecule has 234 valence electrons. The molecule has 0 aliphatic rings. The molecular formula is C34H42FN5O4. The molecule has 44 heavy (non-hydrogen) atoms. The molecule has 0 bridgehead atoms. The normalized spacial score (nSPS) is 12.0. The second kappa shape index (κ2) is 13.8. The van der Waals surface area contributed by atoms with E-state index in [0.29, 0.717) is 35.3 Å². The lowest BCUT2D eigenvalue weighted by Gasteiger charge is -2.33. The Balaban J connectivity index is 2.20. The second-order valence-electron chi connectivity index (χ2n) is 12.3. The molecule has 0 unspecified atom stereocenters. The number of carbonyl (C=O) groups excluding carboxylic acids is 3. The van der Waals surface area contributed by atoms with E-state index in [9.17, 15) is 14.4 Å². The third-order valence-electron chi connectivity index (χ3n) is 6.38. The van der Waals surface area contributed by atoms with Crippen molar-refractivity contribution >= 4 is 23.6 Å². The molecule has 0 fully saturated rings. The van der Waals surface area contributed by atoms with Gasteiger partial charge in [0, 0.05) is 30.4 Å². The molecule has 0 radical (unpaired) electrons. The van der Waals surface area contributed by atoms with Gasteiger partial charge in [-0.05, 0) is 115 Å². The molecule has 0 spiro atoms. The van der Waals surface area contributed by atoms with Crippen LogP contribution in [0.1, 0.15) is 92.9 Å². The molecule has 1 heterocycles. The van der Waals surface area contributed by atoms with Gasteiger partial charge in [0.25, 0.3) is 11.8 Å². The molecular weight excluding hydrogens is 561 g/mol. The molecule has 1 aromatic heterocycles. The Kier molecular flexibility index (Phi) is 10.6. The summed E-state index contributed by atoms with van der Waals surface area (Å²) in [6.45, 7) is 17.1. The van der Waals surface area contributed by atoms with Gasteiger partial charge in [0.1, 0.15) is 17.1 Å². The molecule has 9 nitrogen and oxygen atoms in total. The molecule has 0 atom stereocenters. The highest BCUT2D eigenvalue weighted by atomic mass is 19.1. The minimum atomic E-state index is -0.846. The van der Waals surface area contributed by atoms with Crippen LogP contribution in [0.2, 0.25) is 0 Å². The summed E-state index contributed by atoms with van der Waals surface area (Å²) < 4.78 is 21.7. The Labute approximate surface area is 258 Å². The lowest BCUT2D eigenvalue weighted by atomic mass is 9.95. The molecule has 3 aromatic rings. The van der Waals surface area contributed by atoms with E-state index >= 15 is 4.39 Å². The van der Waals surface area contributed by atoms with Gasteiger partial charge in [-0.2, -0.15) is 10.1 Å². The van der Waals surface area contributed by atoms with Crippen LogP contribution in [0.3, 0.4) is 0 Å². The predicted octanol–water partition coefficient (Wildman–Crippen LogP) is 6.48. The van der Waals surface area contributed by atoms with Crippen molar-refractivity contribution in [1.29, 1.82) is 0 Å². The van der Waals surface area contributed by atoms with E-state index in [-0.39, 0.29) is 28.8 Å². The molecule has 3 rings (SSSR count). The van der Waals surface area contributed by atoms with Crippen LogP contribution in [0.4, 0.5) is 9.18 Å². The summed E-state index contributed by atoms with van der Waals surface area (Å²) in [4.78, 5) is 42.5. The van der Waals surface area contributed by atoms with E-state index < -0.39 is 23.1 Å². The van der Waals surface area contributed by atoms with Gasteiger partial charge in [0.15, 0.2) is 0 Å². The fraction of sp³-hybridized carbons (Fsp3) is 0.382. The van der Waals surface area contributed by atoms with E-state index in [0.717, 1.165) is 5.56 Å². The largest absolute Gasteiger partial charge is 0.442 e. The van der Waals surface area contributed by atoms with Crippen molar-refractivity contribution < 1.29 is 23.5 Å². The van der Waals surface area contributed by atoms with Gasteiger partial charge < -0.3 is 15.4 Å². The number of nitrogens with one attached hydrogen (secondary N) is 2. The number of ether oxygens (including phenoxy) is 1. The van der Waals surface area contributed by atoms with Crippen molar-refractivity contribution in [2.75, 3.05) is 13.1 Å². The number of hydrogen-bond acceptors (Lipinski definition) is 6. The van der Waals surface area contributed by atoms with E-state index in [1.54, 1.807) is 77.9 Å². The van der Waals surface area contributed by atoms with E-state index in [2.05, 4.69) is 20.7 Å². The number of amides is 3. The van der Waals surface area contributed by atoms with Crippen molar-refractivity contribution in [3.8, 4) is 11.1 Å². The molecule has 0 saturated heterocycles. The van der Waals surface area contributed by atoms with Crippen LogP contribution < -0.4 is 10.6 Å². The summed E-state index contributed by atoms with van der Waals surface area (Å²) >= 11 is 0. The molecule has 2 aromatic carbocycles. The molecule has 0 aliphatic heterocycles. The van der Waals surface area contributed by atoms with Crippen molar-refractivity contribution in [3.05, 3.63) is 88.5 Å². The zero-order valence-electron chi connectivity index (χ0n) is 27.0. The predicted molar refractivity (Wildman–Crippen MR) is 170 cm³/mol. The maximum absolute atomic E-state index is 16.1. The van der Waals surface area contributed by atoms with Crippen molar-refractivity contribution in [3.63, 3.8) is 0 Å². The first-order chi connectivity index (χ1) is 20.6. The van der Waals surface area contributed by atoms with Crippen molar-refractivity contribution in [2.45, 2.75) is 73.5 Å². The molecule has 10 heteroatoms.